The monoisotopic (exact) mass is 301 g/mol. The van der Waals surface area contributed by atoms with Crippen molar-refractivity contribution in [1.29, 1.82) is 0 Å². The van der Waals surface area contributed by atoms with Gasteiger partial charge in [0.2, 0.25) is 0 Å². The normalized spacial score (nSPS) is 18.4. The third-order valence-electron chi connectivity index (χ3n) is 3.85. The van der Waals surface area contributed by atoms with Crippen LogP contribution >= 0.6 is 12.4 Å². The van der Waals surface area contributed by atoms with Gasteiger partial charge in [0.05, 0.1) is 6.10 Å². The molecule has 0 radical (unpaired) electrons. The molecule has 0 fully saturated rings. The maximum Gasteiger partial charge on any atom is 0.0836 e. The SMILES string of the molecule is Cl.NCC/C=C1/c2ccccc2CC(O)c2ccccc21. The maximum absolute atomic E-state index is 10.5. The summed E-state index contributed by atoms with van der Waals surface area (Å²) < 4.78 is 0. The fraction of sp³-hybridized carbons (Fsp3) is 0.222. The highest BCUT2D eigenvalue weighted by Crippen LogP contribution is 2.37. The van der Waals surface area contributed by atoms with E-state index in [9.17, 15) is 5.11 Å². The molecule has 1 unspecified atom stereocenters. The highest BCUT2D eigenvalue weighted by atomic mass is 35.5. The molecule has 21 heavy (non-hydrogen) atoms. The smallest absolute Gasteiger partial charge is 0.0836 e. The maximum atomic E-state index is 10.5. The van der Waals surface area contributed by atoms with Crippen molar-refractivity contribution in [2.45, 2.75) is 18.9 Å². The van der Waals surface area contributed by atoms with Crippen LogP contribution < -0.4 is 5.73 Å². The van der Waals surface area contributed by atoms with Gasteiger partial charge in [-0.3, -0.25) is 0 Å². The molecule has 1 aliphatic rings. The molecule has 1 aliphatic carbocycles. The Balaban J connectivity index is 0.00000161. The lowest BCUT2D eigenvalue weighted by Crippen LogP contribution is -2.01. The Bertz CT molecular complexity index is 651. The molecule has 0 saturated heterocycles. The zero-order chi connectivity index (χ0) is 13.9. The number of hydrogen-bond acceptors (Lipinski definition) is 2. The third kappa shape index (κ3) is 3.03. The number of hydrogen-bond donors (Lipinski definition) is 2. The largest absolute Gasteiger partial charge is 0.388 e. The van der Waals surface area contributed by atoms with Gasteiger partial charge in [-0.25, -0.2) is 0 Å². The summed E-state index contributed by atoms with van der Waals surface area (Å²) in [6.07, 6.45) is 3.24. The van der Waals surface area contributed by atoms with E-state index < -0.39 is 6.10 Å². The van der Waals surface area contributed by atoms with Gasteiger partial charge in [-0.05, 0) is 40.8 Å². The molecule has 0 aromatic heterocycles. The van der Waals surface area contributed by atoms with Crippen molar-refractivity contribution in [3.8, 4) is 0 Å². The van der Waals surface area contributed by atoms with Gasteiger partial charge in [0.25, 0.3) is 0 Å². The minimum absolute atomic E-state index is 0. The fourth-order valence-electron chi connectivity index (χ4n) is 2.90. The van der Waals surface area contributed by atoms with Crippen LogP contribution in [0.5, 0.6) is 0 Å². The second-order valence-corrected chi connectivity index (χ2v) is 5.16. The Morgan fingerprint density at radius 1 is 1.05 bits per heavy atom. The predicted octanol–water partition coefficient (Wildman–Crippen LogP) is 3.48. The number of rotatable bonds is 2. The number of fused-ring (bicyclic) bond motifs is 2. The minimum atomic E-state index is -0.448. The molecule has 0 bridgehead atoms. The van der Waals surface area contributed by atoms with Crippen LogP contribution in [0.25, 0.3) is 5.57 Å². The molecule has 0 aliphatic heterocycles. The predicted molar refractivity (Wildman–Crippen MR) is 89.5 cm³/mol. The zero-order valence-electron chi connectivity index (χ0n) is 11.8. The van der Waals surface area contributed by atoms with E-state index in [1.807, 2.05) is 24.3 Å². The number of nitrogens with two attached hydrogens (primary N) is 1. The Hall–Kier alpha value is -1.61. The van der Waals surface area contributed by atoms with Crippen molar-refractivity contribution < 1.29 is 5.11 Å². The molecule has 2 aromatic carbocycles. The van der Waals surface area contributed by atoms with E-state index in [0.29, 0.717) is 13.0 Å². The quantitative estimate of drug-likeness (QED) is 0.892. The Morgan fingerprint density at radius 3 is 2.48 bits per heavy atom. The molecule has 0 heterocycles. The first-order valence-electron chi connectivity index (χ1n) is 7.07. The van der Waals surface area contributed by atoms with Crippen LogP contribution in [0.4, 0.5) is 0 Å². The number of aliphatic hydroxyl groups excluding tert-OH is 1. The minimum Gasteiger partial charge on any atom is -0.388 e. The first-order chi connectivity index (χ1) is 9.81. The lowest BCUT2D eigenvalue weighted by atomic mass is 9.93. The van der Waals surface area contributed by atoms with Crippen LogP contribution in [-0.4, -0.2) is 11.7 Å². The van der Waals surface area contributed by atoms with Crippen molar-refractivity contribution in [3.05, 3.63) is 76.9 Å². The van der Waals surface area contributed by atoms with Crippen LogP contribution in [0, 0.1) is 0 Å². The molecule has 3 rings (SSSR count). The highest BCUT2D eigenvalue weighted by Gasteiger charge is 2.22. The molecule has 1 atom stereocenters. The molecule has 2 nitrogen and oxygen atoms in total. The van der Waals surface area contributed by atoms with Gasteiger partial charge in [0, 0.05) is 6.42 Å². The van der Waals surface area contributed by atoms with Crippen LogP contribution in [0.3, 0.4) is 0 Å². The van der Waals surface area contributed by atoms with Crippen molar-refractivity contribution in [1.82, 2.24) is 0 Å². The van der Waals surface area contributed by atoms with Gasteiger partial charge >= 0.3 is 0 Å². The van der Waals surface area contributed by atoms with Crippen molar-refractivity contribution in [3.63, 3.8) is 0 Å². The molecule has 3 heteroatoms. The van der Waals surface area contributed by atoms with Crippen molar-refractivity contribution in [2.24, 2.45) is 5.73 Å². The second-order valence-electron chi connectivity index (χ2n) is 5.16. The Kier molecular flexibility index (Phi) is 5.18. The van der Waals surface area contributed by atoms with Crippen molar-refractivity contribution in [2.75, 3.05) is 6.54 Å². The van der Waals surface area contributed by atoms with E-state index in [2.05, 4.69) is 30.3 Å². The van der Waals surface area contributed by atoms with Crippen LogP contribution in [0.1, 0.15) is 34.8 Å². The van der Waals surface area contributed by atoms with E-state index in [-0.39, 0.29) is 12.4 Å². The highest BCUT2D eigenvalue weighted by molar-refractivity contribution is 5.85. The topological polar surface area (TPSA) is 46.2 Å². The van der Waals surface area contributed by atoms with E-state index in [1.54, 1.807) is 0 Å². The standard InChI is InChI=1S/C18H19NO.ClH/c19-11-5-10-15-14-7-2-1-6-13(14)12-18(20)17-9-4-3-8-16(15)17;/h1-4,6-10,18,20H,5,11-12,19H2;1H/b15-10-;. The molecule has 110 valence electrons. The van der Waals surface area contributed by atoms with E-state index in [0.717, 1.165) is 17.5 Å². The fourth-order valence-corrected chi connectivity index (χ4v) is 2.90. The lowest BCUT2D eigenvalue weighted by Gasteiger charge is -2.12. The van der Waals surface area contributed by atoms with Crippen LogP contribution in [0.15, 0.2) is 54.6 Å². The van der Waals surface area contributed by atoms with Gasteiger partial charge in [-0.2, -0.15) is 0 Å². The summed E-state index contributed by atoms with van der Waals surface area (Å²) in [5.74, 6) is 0. The van der Waals surface area contributed by atoms with E-state index in [1.165, 1.54) is 16.7 Å². The van der Waals surface area contributed by atoms with Gasteiger partial charge in [0.1, 0.15) is 0 Å². The molecular formula is C18H20ClNO. The Labute approximate surface area is 131 Å². The average Bonchev–Trinajstić information content (AvgIpc) is 2.60. The number of benzene rings is 2. The summed E-state index contributed by atoms with van der Waals surface area (Å²) in [7, 11) is 0. The van der Waals surface area contributed by atoms with Gasteiger partial charge in [0.15, 0.2) is 0 Å². The number of aliphatic hydroxyl groups is 1. The van der Waals surface area contributed by atoms with E-state index in [4.69, 9.17) is 5.73 Å². The summed E-state index contributed by atoms with van der Waals surface area (Å²) in [4.78, 5) is 0. The third-order valence-corrected chi connectivity index (χ3v) is 3.85. The molecule has 2 aromatic rings. The first-order valence-corrected chi connectivity index (χ1v) is 7.07. The first kappa shape index (κ1) is 15.8. The zero-order valence-corrected chi connectivity index (χ0v) is 12.6. The molecule has 0 amide bonds. The molecule has 0 saturated carbocycles. The Morgan fingerprint density at radius 2 is 1.71 bits per heavy atom. The van der Waals surface area contributed by atoms with Gasteiger partial charge in [-0.1, -0.05) is 54.6 Å². The average molecular weight is 302 g/mol. The van der Waals surface area contributed by atoms with Gasteiger partial charge < -0.3 is 10.8 Å². The van der Waals surface area contributed by atoms with E-state index >= 15 is 0 Å². The lowest BCUT2D eigenvalue weighted by molar-refractivity contribution is 0.179. The summed E-state index contributed by atoms with van der Waals surface area (Å²) in [6, 6.07) is 16.4. The molecule has 0 spiro atoms. The summed E-state index contributed by atoms with van der Waals surface area (Å²) in [6.45, 7) is 0.635. The van der Waals surface area contributed by atoms with Gasteiger partial charge in [-0.15, -0.1) is 12.4 Å². The van der Waals surface area contributed by atoms with Crippen LogP contribution in [-0.2, 0) is 6.42 Å². The second kappa shape index (κ2) is 6.90. The van der Waals surface area contributed by atoms with Crippen LogP contribution in [0.2, 0.25) is 0 Å². The molecular weight excluding hydrogens is 282 g/mol. The summed E-state index contributed by atoms with van der Waals surface area (Å²) in [5, 5.41) is 10.5. The summed E-state index contributed by atoms with van der Waals surface area (Å²) >= 11 is 0. The number of halogens is 1. The molecule has 3 N–H and O–H groups in total. The van der Waals surface area contributed by atoms with Crippen molar-refractivity contribution >= 4 is 18.0 Å². The summed E-state index contributed by atoms with van der Waals surface area (Å²) in [5.41, 5.74) is 11.4.